The maximum absolute atomic E-state index is 11.8. The van der Waals surface area contributed by atoms with Crippen LogP contribution in [-0.4, -0.2) is 42.7 Å². The molecule has 0 radical (unpaired) electrons. The Morgan fingerprint density at radius 1 is 1.29 bits per heavy atom. The summed E-state index contributed by atoms with van der Waals surface area (Å²) in [7, 11) is -3.49. The number of nitrogens with two attached hydrogens (primary N) is 1. The number of sulfone groups is 1. The van der Waals surface area contributed by atoms with E-state index in [2.05, 4.69) is 15.6 Å². The van der Waals surface area contributed by atoms with Gasteiger partial charge >= 0.3 is 5.97 Å². The number of carbonyl (C=O) groups excluding carboxylic acids is 1. The molecule has 0 aliphatic carbocycles. The SMILES string of the molecule is CC(C)CC(Nc1cc(C#N)c(C(=O)O)c(Nc2cccc(S(C)(=O)=O)c2)n1)C(N)=O. The van der Waals surface area contributed by atoms with Crippen molar-refractivity contribution in [3.05, 3.63) is 41.5 Å². The van der Waals surface area contributed by atoms with E-state index in [1.165, 1.54) is 30.3 Å². The molecule has 1 unspecified atom stereocenters. The Labute approximate surface area is 180 Å². The first-order valence-electron chi connectivity index (χ1n) is 9.23. The zero-order valence-electron chi connectivity index (χ0n) is 17.2. The van der Waals surface area contributed by atoms with Crippen LogP contribution in [0.15, 0.2) is 35.2 Å². The average Bonchev–Trinajstić information content (AvgIpc) is 2.65. The van der Waals surface area contributed by atoms with Gasteiger partial charge in [-0.25, -0.2) is 18.2 Å². The Morgan fingerprint density at radius 2 is 1.97 bits per heavy atom. The number of primary amides is 1. The standard InChI is InChI=1S/C20H23N5O5S/c1-11(2)7-15(18(22)26)24-16-8-12(10-21)17(20(27)28)19(25-16)23-13-5-4-6-14(9-13)31(3,29)30/h4-6,8-9,11,15H,7H2,1-3H3,(H2,22,26)(H,27,28)(H2,23,24,25). The fraction of sp³-hybridized carbons (Fsp3) is 0.300. The van der Waals surface area contributed by atoms with Crippen molar-refractivity contribution < 1.29 is 23.1 Å². The lowest BCUT2D eigenvalue weighted by atomic mass is 10.0. The summed E-state index contributed by atoms with van der Waals surface area (Å²) in [4.78, 5) is 27.8. The third-order valence-electron chi connectivity index (χ3n) is 4.25. The van der Waals surface area contributed by atoms with Gasteiger partial charge in [-0.2, -0.15) is 5.26 Å². The number of carboxylic acids is 1. The molecule has 1 heterocycles. The summed E-state index contributed by atoms with van der Waals surface area (Å²) in [5, 5.41) is 24.7. The van der Waals surface area contributed by atoms with Gasteiger partial charge in [0.1, 0.15) is 29.3 Å². The predicted molar refractivity (Wildman–Crippen MR) is 115 cm³/mol. The molecule has 5 N–H and O–H groups in total. The quantitative estimate of drug-likeness (QED) is 0.450. The monoisotopic (exact) mass is 445 g/mol. The number of hydrogen-bond donors (Lipinski definition) is 4. The highest BCUT2D eigenvalue weighted by molar-refractivity contribution is 7.90. The number of amides is 1. The largest absolute Gasteiger partial charge is 0.478 e. The predicted octanol–water partition coefficient (Wildman–Crippen LogP) is 2.11. The van der Waals surface area contributed by atoms with Gasteiger partial charge in [0.15, 0.2) is 9.84 Å². The Morgan fingerprint density at radius 3 is 2.48 bits per heavy atom. The second-order valence-electron chi connectivity index (χ2n) is 7.35. The molecule has 2 rings (SSSR count). The summed E-state index contributed by atoms with van der Waals surface area (Å²) < 4.78 is 23.6. The van der Waals surface area contributed by atoms with Crippen LogP contribution in [0, 0.1) is 17.2 Å². The van der Waals surface area contributed by atoms with Gasteiger partial charge in [-0.3, -0.25) is 4.79 Å². The molecule has 1 amide bonds. The second kappa shape index (κ2) is 9.44. The van der Waals surface area contributed by atoms with Gasteiger partial charge in [0.05, 0.1) is 10.5 Å². The summed E-state index contributed by atoms with van der Waals surface area (Å²) in [6, 6.07) is 7.98. The summed E-state index contributed by atoms with van der Waals surface area (Å²) >= 11 is 0. The zero-order chi connectivity index (χ0) is 23.3. The molecular formula is C20H23N5O5S. The Hall–Kier alpha value is -3.65. The number of carboxylic acid groups (broad SMARTS) is 1. The zero-order valence-corrected chi connectivity index (χ0v) is 18.0. The van der Waals surface area contributed by atoms with Crippen LogP contribution >= 0.6 is 0 Å². The molecule has 0 bridgehead atoms. The number of pyridine rings is 1. The van der Waals surface area contributed by atoms with Gasteiger partial charge < -0.3 is 21.5 Å². The molecule has 0 saturated heterocycles. The Bertz CT molecular complexity index is 1160. The summed E-state index contributed by atoms with van der Waals surface area (Å²) in [5.41, 5.74) is 5.11. The smallest absolute Gasteiger partial charge is 0.340 e. The van der Waals surface area contributed by atoms with Crippen molar-refractivity contribution in [2.75, 3.05) is 16.9 Å². The number of rotatable bonds is 9. The molecular weight excluding hydrogens is 422 g/mol. The van der Waals surface area contributed by atoms with E-state index >= 15 is 0 Å². The normalized spacial score (nSPS) is 12.1. The van der Waals surface area contributed by atoms with Gasteiger partial charge in [-0.05, 0) is 36.6 Å². The number of hydrogen-bond acceptors (Lipinski definition) is 8. The van der Waals surface area contributed by atoms with Crippen molar-refractivity contribution in [2.24, 2.45) is 11.7 Å². The fourth-order valence-electron chi connectivity index (χ4n) is 2.85. The van der Waals surface area contributed by atoms with Gasteiger partial charge in [0.25, 0.3) is 0 Å². The third-order valence-corrected chi connectivity index (χ3v) is 5.36. The molecule has 11 heteroatoms. The summed E-state index contributed by atoms with van der Waals surface area (Å²) in [6.07, 6.45) is 1.45. The van der Waals surface area contributed by atoms with Crippen LogP contribution in [-0.2, 0) is 14.6 Å². The van der Waals surface area contributed by atoms with E-state index in [1.807, 2.05) is 19.9 Å². The maximum Gasteiger partial charge on any atom is 0.340 e. The van der Waals surface area contributed by atoms with Crippen molar-refractivity contribution in [1.82, 2.24) is 4.98 Å². The van der Waals surface area contributed by atoms with Crippen molar-refractivity contribution in [3.63, 3.8) is 0 Å². The van der Waals surface area contributed by atoms with E-state index in [0.717, 1.165) is 6.26 Å². The van der Waals surface area contributed by atoms with Gasteiger partial charge in [0, 0.05) is 11.9 Å². The average molecular weight is 446 g/mol. The first kappa shape index (κ1) is 23.6. The van der Waals surface area contributed by atoms with Crippen LogP contribution < -0.4 is 16.4 Å². The molecule has 0 fully saturated rings. The van der Waals surface area contributed by atoms with Crippen LogP contribution in [0.25, 0.3) is 0 Å². The molecule has 0 saturated carbocycles. The summed E-state index contributed by atoms with van der Waals surface area (Å²) in [6.45, 7) is 3.81. The molecule has 1 aromatic carbocycles. The molecule has 31 heavy (non-hydrogen) atoms. The van der Waals surface area contributed by atoms with E-state index in [-0.39, 0.29) is 33.7 Å². The highest BCUT2D eigenvalue weighted by atomic mass is 32.2. The number of nitriles is 1. The molecule has 0 aliphatic heterocycles. The molecule has 1 aromatic heterocycles. The molecule has 1 atom stereocenters. The minimum Gasteiger partial charge on any atom is -0.478 e. The summed E-state index contributed by atoms with van der Waals surface area (Å²) in [5.74, 6) is -1.99. The van der Waals surface area contributed by atoms with Crippen LogP contribution in [0.5, 0.6) is 0 Å². The van der Waals surface area contributed by atoms with Crippen LogP contribution in [0.2, 0.25) is 0 Å². The molecule has 164 valence electrons. The van der Waals surface area contributed by atoms with Crippen molar-refractivity contribution in [2.45, 2.75) is 31.2 Å². The van der Waals surface area contributed by atoms with E-state index in [0.29, 0.717) is 6.42 Å². The fourth-order valence-corrected chi connectivity index (χ4v) is 3.52. The number of benzene rings is 1. The number of anilines is 3. The topological polar surface area (TPSA) is 175 Å². The number of aromatic carboxylic acids is 1. The highest BCUT2D eigenvalue weighted by Crippen LogP contribution is 2.27. The van der Waals surface area contributed by atoms with Crippen LogP contribution in [0.4, 0.5) is 17.3 Å². The number of aromatic nitrogens is 1. The van der Waals surface area contributed by atoms with Crippen molar-refractivity contribution >= 4 is 39.0 Å². The van der Waals surface area contributed by atoms with Gasteiger partial charge in [-0.1, -0.05) is 19.9 Å². The van der Waals surface area contributed by atoms with E-state index < -0.39 is 33.3 Å². The second-order valence-corrected chi connectivity index (χ2v) is 9.37. The first-order valence-corrected chi connectivity index (χ1v) is 11.1. The van der Waals surface area contributed by atoms with E-state index in [9.17, 15) is 28.4 Å². The van der Waals surface area contributed by atoms with E-state index in [1.54, 1.807) is 0 Å². The molecule has 0 aliphatic rings. The van der Waals surface area contributed by atoms with Gasteiger partial charge in [0.2, 0.25) is 5.91 Å². The minimum absolute atomic E-state index is 0.0230. The highest BCUT2D eigenvalue weighted by Gasteiger charge is 2.23. The maximum atomic E-state index is 11.8. The van der Waals surface area contributed by atoms with Gasteiger partial charge in [-0.15, -0.1) is 0 Å². The molecule has 10 nitrogen and oxygen atoms in total. The third kappa shape index (κ3) is 6.16. The van der Waals surface area contributed by atoms with Crippen LogP contribution in [0.3, 0.4) is 0 Å². The first-order chi connectivity index (χ1) is 14.4. The molecule has 0 spiro atoms. The number of nitrogens with zero attached hydrogens (tertiary/aromatic N) is 2. The van der Waals surface area contributed by atoms with Crippen LogP contribution in [0.1, 0.15) is 36.2 Å². The lowest BCUT2D eigenvalue weighted by molar-refractivity contribution is -0.119. The molecule has 2 aromatic rings. The minimum atomic E-state index is -3.49. The Kier molecular flexibility index (Phi) is 7.20. The van der Waals surface area contributed by atoms with Crippen molar-refractivity contribution in [3.8, 4) is 6.07 Å². The lowest BCUT2D eigenvalue weighted by Gasteiger charge is -2.19. The van der Waals surface area contributed by atoms with Crippen molar-refractivity contribution in [1.29, 1.82) is 5.26 Å². The number of carbonyl (C=O) groups is 2. The number of nitrogens with one attached hydrogen (secondary N) is 2. The lowest BCUT2D eigenvalue weighted by Crippen LogP contribution is -2.36. The van der Waals surface area contributed by atoms with E-state index in [4.69, 9.17) is 5.73 Å². The Balaban J connectivity index is 2.55.